The van der Waals surface area contributed by atoms with Gasteiger partial charge in [-0.15, -0.1) is 0 Å². The summed E-state index contributed by atoms with van der Waals surface area (Å²) in [4.78, 5) is 11.2. The Bertz CT molecular complexity index is 608. The quantitative estimate of drug-likeness (QED) is 0.670. The molecule has 1 aliphatic rings. The zero-order valence-electron chi connectivity index (χ0n) is 10.5. The molecule has 1 aromatic carbocycles. The molecule has 0 spiro atoms. The van der Waals surface area contributed by atoms with Crippen LogP contribution in [0.25, 0.3) is 11.0 Å². The summed E-state index contributed by atoms with van der Waals surface area (Å²) in [5, 5.41) is 0. The molecule has 0 saturated heterocycles. The van der Waals surface area contributed by atoms with Gasteiger partial charge in [0.15, 0.2) is 0 Å². The first-order valence-electron chi connectivity index (χ1n) is 6.38. The highest BCUT2D eigenvalue weighted by atomic mass is 16.5. The van der Waals surface area contributed by atoms with Crippen molar-refractivity contribution in [2.45, 2.75) is 12.8 Å². The van der Waals surface area contributed by atoms with Crippen LogP contribution in [-0.2, 0) is 6.42 Å². The minimum absolute atomic E-state index is 0.823. The number of nitrogens with zero attached hydrogens (tertiary/aromatic N) is 2. The first-order valence-corrected chi connectivity index (χ1v) is 6.38. The highest BCUT2D eigenvalue weighted by Gasteiger charge is 2.08. The number of aromatic amines is 1. The average Bonchev–Trinajstić information content (AvgIpc) is 2.96. The van der Waals surface area contributed by atoms with Gasteiger partial charge in [0.05, 0.1) is 24.0 Å². The van der Waals surface area contributed by atoms with Crippen LogP contribution in [0.2, 0.25) is 0 Å². The molecule has 4 rings (SSSR count). The molecule has 3 aromatic rings. The Hall–Kier alpha value is -2.36. The molecule has 96 valence electrons. The molecule has 0 amide bonds. The highest BCUT2D eigenvalue weighted by Crippen LogP contribution is 2.20. The number of ether oxygens (including phenoxy) is 1. The van der Waals surface area contributed by atoms with E-state index in [4.69, 9.17) is 4.74 Å². The number of hydrogen-bond acceptors (Lipinski definition) is 3. The topological polar surface area (TPSA) is 50.8 Å². The fourth-order valence-corrected chi connectivity index (χ4v) is 2.06. The van der Waals surface area contributed by atoms with E-state index >= 15 is 0 Å². The number of hydrogen-bond donors (Lipinski definition) is 1. The highest BCUT2D eigenvalue weighted by molar-refractivity contribution is 5.73. The van der Waals surface area contributed by atoms with Crippen molar-refractivity contribution in [1.82, 2.24) is 15.0 Å². The third-order valence-electron chi connectivity index (χ3n) is 3.01. The number of para-hydroxylation sites is 2. The first kappa shape index (κ1) is 11.7. The summed E-state index contributed by atoms with van der Waals surface area (Å²) in [6, 6.07) is 12.0. The molecule has 4 heteroatoms. The molecule has 0 unspecified atom stereocenters. The van der Waals surface area contributed by atoms with Gasteiger partial charge in [-0.05, 0) is 31.0 Å². The Balaban J connectivity index is 0.000000117. The summed E-state index contributed by atoms with van der Waals surface area (Å²) in [6.07, 6.45) is 5.71. The summed E-state index contributed by atoms with van der Waals surface area (Å²) in [5.74, 6) is 0.828. The van der Waals surface area contributed by atoms with Gasteiger partial charge in [-0.3, -0.25) is 0 Å². The maximum Gasteiger partial charge on any atom is 0.216 e. The molecule has 2 aromatic heterocycles. The van der Waals surface area contributed by atoms with Gasteiger partial charge in [0.25, 0.3) is 0 Å². The molecule has 1 aliphatic heterocycles. The Labute approximate surface area is 111 Å². The van der Waals surface area contributed by atoms with Crippen LogP contribution in [-0.4, -0.2) is 21.6 Å². The fraction of sp³-hybridized carbons (Fsp3) is 0.200. The van der Waals surface area contributed by atoms with Crippen molar-refractivity contribution < 1.29 is 4.74 Å². The molecule has 0 aliphatic carbocycles. The van der Waals surface area contributed by atoms with E-state index in [-0.39, 0.29) is 0 Å². The van der Waals surface area contributed by atoms with Gasteiger partial charge in [-0.1, -0.05) is 18.2 Å². The number of aromatic nitrogens is 3. The molecule has 1 N–H and O–H groups in total. The van der Waals surface area contributed by atoms with Gasteiger partial charge in [0, 0.05) is 11.8 Å². The molecule has 3 heterocycles. The van der Waals surface area contributed by atoms with Crippen LogP contribution in [0.3, 0.4) is 0 Å². The van der Waals surface area contributed by atoms with Crippen LogP contribution >= 0.6 is 0 Å². The summed E-state index contributed by atoms with van der Waals surface area (Å²) in [5.41, 5.74) is 3.36. The summed E-state index contributed by atoms with van der Waals surface area (Å²) < 4.78 is 5.31. The van der Waals surface area contributed by atoms with Crippen LogP contribution in [0.5, 0.6) is 5.88 Å². The van der Waals surface area contributed by atoms with Gasteiger partial charge in [-0.2, -0.15) is 0 Å². The lowest BCUT2D eigenvalue weighted by Crippen LogP contribution is -2.09. The van der Waals surface area contributed by atoms with Crippen LogP contribution in [0.15, 0.2) is 48.9 Å². The van der Waals surface area contributed by atoms with Gasteiger partial charge in [0.2, 0.25) is 5.88 Å². The smallest absolute Gasteiger partial charge is 0.216 e. The van der Waals surface area contributed by atoms with Crippen LogP contribution in [0, 0.1) is 0 Å². The molecule has 4 nitrogen and oxygen atoms in total. The van der Waals surface area contributed by atoms with Gasteiger partial charge in [-0.25, -0.2) is 9.97 Å². The molecule has 0 bridgehead atoms. The number of nitrogens with one attached hydrogen (secondary N) is 1. The number of H-pyrrole nitrogens is 1. The minimum atomic E-state index is 0.823. The van der Waals surface area contributed by atoms with Crippen LogP contribution < -0.4 is 4.74 Å². The Morgan fingerprint density at radius 3 is 2.89 bits per heavy atom. The van der Waals surface area contributed by atoms with Crippen LogP contribution in [0.4, 0.5) is 0 Å². The molecule has 0 radical (unpaired) electrons. The van der Waals surface area contributed by atoms with Crippen LogP contribution in [0.1, 0.15) is 12.0 Å². The van der Waals surface area contributed by atoms with Gasteiger partial charge in [0.1, 0.15) is 0 Å². The summed E-state index contributed by atoms with van der Waals surface area (Å²) in [7, 11) is 0. The Kier molecular flexibility index (Phi) is 3.40. The maximum absolute atomic E-state index is 5.31. The second kappa shape index (κ2) is 5.52. The number of imidazole rings is 1. The largest absolute Gasteiger partial charge is 0.477 e. The molecule has 19 heavy (non-hydrogen) atoms. The normalized spacial score (nSPS) is 13.1. The average molecular weight is 253 g/mol. The standard InChI is InChI=1S/C8H9NO.C7H6N2/c1-3-7-4-2-6-10-8(7)9-5-1;1-2-4-7-6(3-1)8-5-9-7/h1,3,5H,2,4,6H2;1-5H,(H,8,9). The monoisotopic (exact) mass is 253 g/mol. The molecule has 0 atom stereocenters. The molecule has 0 saturated carbocycles. The number of rotatable bonds is 0. The van der Waals surface area contributed by atoms with E-state index in [0.717, 1.165) is 36.4 Å². The molecule has 0 fully saturated rings. The summed E-state index contributed by atoms with van der Waals surface area (Å²) in [6.45, 7) is 0.823. The van der Waals surface area contributed by atoms with E-state index in [1.165, 1.54) is 5.56 Å². The fourth-order valence-electron chi connectivity index (χ4n) is 2.06. The lowest BCUT2D eigenvalue weighted by Gasteiger charge is -2.14. The number of fused-ring (bicyclic) bond motifs is 2. The van der Waals surface area contributed by atoms with E-state index in [9.17, 15) is 0 Å². The predicted octanol–water partition coefficient (Wildman–Crippen LogP) is 2.97. The Morgan fingerprint density at radius 2 is 2.00 bits per heavy atom. The van der Waals surface area contributed by atoms with Crippen molar-refractivity contribution in [3.05, 3.63) is 54.5 Å². The zero-order valence-corrected chi connectivity index (χ0v) is 10.5. The summed E-state index contributed by atoms with van der Waals surface area (Å²) >= 11 is 0. The predicted molar refractivity (Wildman–Crippen MR) is 74.1 cm³/mol. The molecular weight excluding hydrogens is 238 g/mol. The van der Waals surface area contributed by atoms with E-state index in [1.54, 1.807) is 12.5 Å². The second-order valence-corrected chi connectivity index (χ2v) is 4.34. The van der Waals surface area contributed by atoms with Crippen molar-refractivity contribution >= 4 is 11.0 Å². The van der Waals surface area contributed by atoms with Gasteiger partial charge >= 0.3 is 0 Å². The maximum atomic E-state index is 5.31. The van der Waals surface area contributed by atoms with Crippen molar-refractivity contribution in [1.29, 1.82) is 0 Å². The lowest BCUT2D eigenvalue weighted by molar-refractivity contribution is 0.276. The number of benzene rings is 1. The number of pyridine rings is 1. The number of aryl methyl sites for hydroxylation is 1. The van der Waals surface area contributed by atoms with Crippen molar-refractivity contribution in [3.63, 3.8) is 0 Å². The van der Waals surface area contributed by atoms with E-state index in [0.29, 0.717) is 0 Å². The first-order chi connectivity index (χ1) is 9.43. The SMILES string of the molecule is c1ccc2[nH]cnc2c1.c1cnc2c(c1)CCCO2. The third-order valence-corrected chi connectivity index (χ3v) is 3.01. The van der Waals surface area contributed by atoms with Crippen molar-refractivity contribution in [2.24, 2.45) is 0 Å². The Morgan fingerprint density at radius 1 is 1.05 bits per heavy atom. The van der Waals surface area contributed by atoms with E-state index in [1.807, 2.05) is 30.3 Å². The van der Waals surface area contributed by atoms with Crippen molar-refractivity contribution in [3.8, 4) is 5.88 Å². The third kappa shape index (κ3) is 2.73. The zero-order chi connectivity index (χ0) is 12.9. The van der Waals surface area contributed by atoms with E-state index < -0.39 is 0 Å². The minimum Gasteiger partial charge on any atom is -0.477 e. The molecular formula is C15H15N3O. The van der Waals surface area contributed by atoms with Gasteiger partial charge < -0.3 is 9.72 Å². The second-order valence-electron chi connectivity index (χ2n) is 4.34. The lowest BCUT2D eigenvalue weighted by atomic mass is 10.1. The van der Waals surface area contributed by atoms with Crippen molar-refractivity contribution in [2.75, 3.05) is 6.61 Å². The van der Waals surface area contributed by atoms with E-state index in [2.05, 4.69) is 21.0 Å².